The minimum absolute atomic E-state index is 0.166. The number of fused-ring (bicyclic) bond motifs is 1. The lowest BCUT2D eigenvalue weighted by atomic mass is 10.0. The summed E-state index contributed by atoms with van der Waals surface area (Å²) in [5.74, 6) is 0.869. The highest BCUT2D eigenvalue weighted by molar-refractivity contribution is 6.08. The number of hydrogen-bond donors (Lipinski definition) is 1. The average molecular weight is 299 g/mol. The molecular weight excluding hydrogens is 278 g/mol. The lowest BCUT2D eigenvalue weighted by molar-refractivity contribution is 0.0962. The molecule has 0 amide bonds. The molecule has 1 saturated heterocycles. The minimum atomic E-state index is 0.166. The molecule has 1 fully saturated rings. The maximum Gasteiger partial charge on any atom is 0.164 e. The predicted molar refractivity (Wildman–Crippen MR) is 86.6 cm³/mol. The second-order valence-corrected chi connectivity index (χ2v) is 5.48. The van der Waals surface area contributed by atoms with Crippen molar-refractivity contribution >= 4 is 16.7 Å². The first-order valence-corrected chi connectivity index (χ1v) is 7.67. The van der Waals surface area contributed by atoms with Crippen LogP contribution in [-0.2, 0) is 0 Å². The number of Topliss-reactive ketones (excluding diaryl/α,β-unsaturated/α-hetero) is 1. The van der Waals surface area contributed by atoms with Crippen molar-refractivity contribution in [2.45, 2.75) is 6.42 Å². The number of carbonyl (C=O) groups is 1. The molecule has 2 aromatic rings. The fraction of sp³-hybridized carbons (Fsp3) is 0.412. The molecule has 3 rings (SSSR count). The summed E-state index contributed by atoms with van der Waals surface area (Å²) >= 11 is 0. The number of benzene rings is 1. The Labute approximate surface area is 130 Å². The standard InChI is InChI=1S/C17H21N3O2/c1-22-16-5-4-13(14-3-2-7-19-17(14)16)15(21)6-10-20-11-8-18-9-12-20/h2-5,7,18H,6,8-12H2,1H3. The highest BCUT2D eigenvalue weighted by atomic mass is 16.5. The highest BCUT2D eigenvalue weighted by Gasteiger charge is 2.16. The largest absolute Gasteiger partial charge is 0.494 e. The molecular formula is C17H21N3O2. The van der Waals surface area contributed by atoms with Gasteiger partial charge in [-0.1, -0.05) is 6.07 Å². The van der Waals surface area contributed by atoms with E-state index in [0.29, 0.717) is 12.2 Å². The molecule has 5 heteroatoms. The van der Waals surface area contributed by atoms with Crippen molar-refractivity contribution in [3.63, 3.8) is 0 Å². The van der Waals surface area contributed by atoms with E-state index in [9.17, 15) is 4.79 Å². The van der Waals surface area contributed by atoms with E-state index < -0.39 is 0 Å². The molecule has 1 aromatic carbocycles. The summed E-state index contributed by atoms with van der Waals surface area (Å²) in [6, 6.07) is 7.47. The smallest absolute Gasteiger partial charge is 0.164 e. The van der Waals surface area contributed by atoms with Gasteiger partial charge in [0.15, 0.2) is 5.78 Å². The summed E-state index contributed by atoms with van der Waals surface area (Å²) in [5, 5.41) is 4.19. The predicted octanol–water partition coefficient (Wildman–Crippen LogP) is 1.72. The van der Waals surface area contributed by atoms with E-state index in [2.05, 4.69) is 15.2 Å². The van der Waals surface area contributed by atoms with Crippen molar-refractivity contribution in [3.8, 4) is 5.75 Å². The van der Waals surface area contributed by atoms with Crippen LogP contribution in [0.3, 0.4) is 0 Å². The second kappa shape index (κ2) is 6.85. The van der Waals surface area contributed by atoms with Crippen LogP contribution >= 0.6 is 0 Å². The van der Waals surface area contributed by atoms with Crippen molar-refractivity contribution < 1.29 is 9.53 Å². The molecule has 1 aliphatic heterocycles. The van der Waals surface area contributed by atoms with Gasteiger partial charge in [-0.05, 0) is 18.2 Å². The molecule has 0 aliphatic carbocycles. The number of carbonyl (C=O) groups excluding carboxylic acids is 1. The number of ether oxygens (including phenoxy) is 1. The van der Waals surface area contributed by atoms with Crippen LogP contribution in [0.2, 0.25) is 0 Å². The Hall–Kier alpha value is -1.98. The fourth-order valence-corrected chi connectivity index (χ4v) is 2.88. The number of pyridine rings is 1. The molecule has 1 aliphatic rings. The van der Waals surface area contributed by atoms with Crippen LogP contribution in [0.4, 0.5) is 0 Å². The Bertz CT molecular complexity index is 666. The number of rotatable bonds is 5. The SMILES string of the molecule is COc1ccc(C(=O)CCN2CCNCC2)c2cccnc12. The van der Waals surface area contributed by atoms with Crippen LogP contribution in [-0.4, -0.2) is 55.5 Å². The maximum atomic E-state index is 12.6. The minimum Gasteiger partial charge on any atom is -0.494 e. The molecule has 0 atom stereocenters. The van der Waals surface area contributed by atoms with E-state index in [1.165, 1.54) is 0 Å². The van der Waals surface area contributed by atoms with E-state index in [-0.39, 0.29) is 5.78 Å². The third-order valence-corrected chi connectivity index (χ3v) is 4.12. The zero-order chi connectivity index (χ0) is 15.4. The topological polar surface area (TPSA) is 54.5 Å². The van der Waals surface area contributed by atoms with E-state index in [1.807, 2.05) is 24.3 Å². The fourth-order valence-electron chi connectivity index (χ4n) is 2.88. The first kappa shape index (κ1) is 14.9. The summed E-state index contributed by atoms with van der Waals surface area (Å²) in [5.41, 5.74) is 1.48. The number of nitrogens with zero attached hydrogens (tertiary/aromatic N) is 2. The molecule has 0 bridgehead atoms. The number of ketones is 1. The summed E-state index contributed by atoms with van der Waals surface area (Å²) in [4.78, 5) is 19.3. The van der Waals surface area contributed by atoms with Crippen molar-refractivity contribution in [3.05, 3.63) is 36.0 Å². The summed E-state index contributed by atoms with van der Waals surface area (Å²) in [6.45, 7) is 4.85. The average Bonchev–Trinajstić information content (AvgIpc) is 2.59. The number of hydrogen-bond acceptors (Lipinski definition) is 5. The Kier molecular flexibility index (Phi) is 4.65. The quantitative estimate of drug-likeness (QED) is 0.852. The third-order valence-electron chi connectivity index (χ3n) is 4.12. The van der Waals surface area contributed by atoms with E-state index in [4.69, 9.17) is 4.74 Å². The molecule has 116 valence electrons. The van der Waals surface area contributed by atoms with E-state index >= 15 is 0 Å². The Morgan fingerprint density at radius 1 is 1.32 bits per heavy atom. The summed E-state index contributed by atoms with van der Waals surface area (Å²) in [7, 11) is 1.62. The van der Waals surface area contributed by atoms with Gasteiger partial charge in [0.25, 0.3) is 0 Å². The van der Waals surface area contributed by atoms with Gasteiger partial charge >= 0.3 is 0 Å². The summed E-state index contributed by atoms with van der Waals surface area (Å²) < 4.78 is 5.33. The normalized spacial score (nSPS) is 15.9. The lowest BCUT2D eigenvalue weighted by Crippen LogP contribution is -2.44. The molecule has 22 heavy (non-hydrogen) atoms. The van der Waals surface area contributed by atoms with Crippen molar-refractivity contribution in [1.82, 2.24) is 15.2 Å². The lowest BCUT2D eigenvalue weighted by Gasteiger charge is -2.26. The van der Waals surface area contributed by atoms with Crippen molar-refractivity contribution in [2.24, 2.45) is 0 Å². The molecule has 0 saturated carbocycles. The Morgan fingerprint density at radius 3 is 2.91 bits per heavy atom. The van der Waals surface area contributed by atoms with Gasteiger partial charge in [-0.25, -0.2) is 0 Å². The second-order valence-electron chi connectivity index (χ2n) is 5.48. The van der Waals surface area contributed by atoms with E-state index in [0.717, 1.165) is 49.2 Å². The first-order chi connectivity index (χ1) is 10.8. The highest BCUT2D eigenvalue weighted by Crippen LogP contribution is 2.27. The number of nitrogens with one attached hydrogen (secondary N) is 1. The molecule has 1 aromatic heterocycles. The number of piperazine rings is 1. The van der Waals surface area contributed by atoms with Crippen molar-refractivity contribution in [2.75, 3.05) is 39.8 Å². The Morgan fingerprint density at radius 2 is 2.14 bits per heavy atom. The molecule has 2 heterocycles. The van der Waals surface area contributed by atoms with Crippen LogP contribution in [0.1, 0.15) is 16.8 Å². The van der Waals surface area contributed by atoms with Crippen LogP contribution in [0.5, 0.6) is 5.75 Å². The van der Waals surface area contributed by atoms with Gasteiger partial charge in [0.05, 0.1) is 7.11 Å². The monoisotopic (exact) mass is 299 g/mol. The van der Waals surface area contributed by atoms with Crippen LogP contribution in [0.15, 0.2) is 30.5 Å². The molecule has 5 nitrogen and oxygen atoms in total. The van der Waals surface area contributed by atoms with Crippen LogP contribution in [0.25, 0.3) is 10.9 Å². The first-order valence-electron chi connectivity index (χ1n) is 7.67. The van der Waals surface area contributed by atoms with Gasteiger partial charge < -0.3 is 15.0 Å². The van der Waals surface area contributed by atoms with Gasteiger partial charge in [-0.3, -0.25) is 9.78 Å². The zero-order valence-electron chi connectivity index (χ0n) is 12.8. The van der Waals surface area contributed by atoms with Gasteiger partial charge in [0.1, 0.15) is 11.3 Å². The van der Waals surface area contributed by atoms with Gasteiger partial charge in [0.2, 0.25) is 0 Å². The number of methoxy groups -OCH3 is 1. The molecule has 0 unspecified atom stereocenters. The molecule has 0 radical (unpaired) electrons. The van der Waals surface area contributed by atoms with Crippen molar-refractivity contribution in [1.29, 1.82) is 0 Å². The third kappa shape index (κ3) is 3.10. The van der Waals surface area contributed by atoms with Gasteiger partial charge in [-0.15, -0.1) is 0 Å². The van der Waals surface area contributed by atoms with E-state index in [1.54, 1.807) is 13.3 Å². The molecule has 1 N–H and O–H groups in total. The Balaban J connectivity index is 1.79. The van der Waals surface area contributed by atoms with Gasteiger partial charge in [-0.2, -0.15) is 0 Å². The zero-order valence-corrected chi connectivity index (χ0v) is 12.8. The molecule has 0 spiro atoms. The summed E-state index contributed by atoms with van der Waals surface area (Å²) in [6.07, 6.45) is 2.26. The van der Waals surface area contributed by atoms with Crippen LogP contribution < -0.4 is 10.1 Å². The van der Waals surface area contributed by atoms with Gasteiger partial charge in [0, 0.05) is 56.3 Å². The maximum absolute atomic E-state index is 12.6. The van der Waals surface area contributed by atoms with Crippen LogP contribution in [0, 0.1) is 0 Å². The number of aromatic nitrogens is 1.